The maximum absolute atomic E-state index is 12.7. The second kappa shape index (κ2) is 7.22. The summed E-state index contributed by atoms with van der Waals surface area (Å²) in [6, 6.07) is 4.65. The van der Waals surface area contributed by atoms with Crippen LogP contribution in [0.4, 0.5) is 18.9 Å². The van der Waals surface area contributed by atoms with Crippen LogP contribution in [0, 0.1) is 13.8 Å². The molecule has 0 aliphatic carbocycles. The number of rotatable bonds is 5. The van der Waals surface area contributed by atoms with Crippen LogP contribution in [0.5, 0.6) is 5.75 Å². The van der Waals surface area contributed by atoms with Gasteiger partial charge in [0, 0.05) is 7.05 Å². The predicted octanol–water partition coefficient (Wildman–Crippen LogP) is 2.47. The van der Waals surface area contributed by atoms with E-state index in [1.54, 1.807) is 20.9 Å². The van der Waals surface area contributed by atoms with Crippen LogP contribution in [0.3, 0.4) is 0 Å². The quantitative estimate of drug-likeness (QED) is 0.763. The Bertz CT molecular complexity index is 951. The van der Waals surface area contributed by atoms with Crippen LogP contribution in [-0.2, 0) is 28.3 Å². The normalized spacial score (nSPS) is 12.1. The van der Waals surface area contributed by atoms with Crippen molar-refractivity contribution in [3.63, 3.8) is 0 Å². The van der Waals surface area contributed by atoms with Crippen LogP contribution in [0.25, 0.3) is 0 Å². The van der Waals surface area contributed by atoms with Gasteiger partial charge in [-0.3, -0.25) is 9.48 Å². The van der Waals surface area contributed by atoms with Gasteiger partial charge in [-0.15, -0.1) is 13.2 Å². The van der Waals surface area contributed by atoms with Crippen LogP contribution in [0.15, 0.2) is 24.3 Å². The number of hydrogen-bond acceptors (Lipinski definition) is 5. The summed E-state index contributed by atoms with van der Waals surface area (Å²) >= 11 is 0. The summed E-state index contributed by atoms with van der Waals surface area (Å²) in [5.74, 6) is -1.18. The fourth-order valence-corrected chi connectivity index (χ4v) is 3.62. The SMILES string of the molecule is Cc1nn(C)c(C)c1N(C(=O)Cc1ccc(OC(F)(F)F)cc1)S(C)(=O)=O. The molecule has 11 heteroatoms. The molecule has 1 amide bonds. The van der Waals surface area contributed by atoms with Crippen LogP contribution in [0.1, 0.15) is 17.0 Å². The zero-order valence-corrected chi connectivity index (χ0v) is 15.8. The van der Waals surface area contributed by atoms with Crippen LogP contribution >= 0.6 is 0 Å². The summed E-state index contributed by atoms with van der Waals surface area (Å²) in [5, 5.41) is 4.12. The Morgan fingerprint density at radius 2 is 1.78 bits per heavy atom. The molecule has 0 saturated heterocycles. The number of halogens is 3. The van der Waals surface area contributed by atoms with Gasteiger partial charge in [0.05, 0.1) is 24.1 Å². The van der Waals surface area contributed by atoms with Gasteiger partial charge in [0.2, 0.25) is 15.9 Å². The second-order valence-corrected chi connectivity index (χ2v) is 7.76. The Morgan fingerprint density at radius 3 is 2.19 bits per heavy atom. The molecule has 0 unspecified atom stereocenters. The van der Waals surface area contributed by atoms with E-state index in [-0.39, 0.29) is 12.1 Å². The van der Waals surface area contributed by atoms with Crippen molar-refractivity contribution in [2.75, 3.05) is 10.6 Å². The van der Waals surface area contributed by atoms with E-state index < -0.39 is 28.0 Å². The number of benzene rings is 1. The van der Waals surface area contributed by atoms with Crippen molar-refractivity contribution in [3.8, 4) is 5.75 Å². The maximum atomic E-state index is 12.7. The highest BCUT2D eigenvalue weighted by Crippen LogP contribution is 2.27. The average Bonchev–Trinajstić information content (AvgIpc) is 2.73. The summed E-state index contributed by atoms with van der Waals surface area (Å²) in [7, 11) is -2.32. The molecule has 0 radical (unpaired) electrons. The van der Waals surface area contributed by atoms with Gasteiger partial charge in [0.1, 0.15) is 11.4 Å². The Kier molecular flexibility index (Phi) is 5.55. The zero-order chi connectivity index (χ0) is 20.6. The van der Waals surface area contributed by atoms with Gasteiger partial charge in [0.15, 0.2) is 0 Å². The third-order valence-electron chi connectivity index (χ3n) is 3.74. The van der Waals surface area contributed by atoms with E-state index in [0.29, 0.717) is 21.3 Å². The van der Waals surface area contributed by atoms with Crippen molar-refractivity contribution in [3.05, 3.63) is 41.2 Å². The number of amides is 1. The molecule has 0 saturated carbocycles. The van der Waals surface area contributed by atoms with Gasteiger partial charge in [0.25, 0.3) is 0 Å². The lowest BCUT2D eigenvalue weighted by Crippen LogP contribution is -2.38. The minimum atomic E-state index is -4.82. The number of nitrogens with zero attached hydrogens (tertiary/aromatic N) is 3. The molecule has 7 nitrogen and oxygen atoms in total. The van der Waals surface area contributed by atoms with Gasteiger partial charge in [-0.2, -0.15) is 5.10 Å². The van der Waals surface area contributed by atoms with Crippen molar-refractivity contribution in [2.45, 2.75) is 26.6 Å². The molecular weight excluding hydrogens is 387 g/mol. The second-order valence-electron chi connectivity index (χ2n) is 5.93. The average molecular weight is 405 g/mol. The number of aromatic nitrogens is 2. The number of sulfonamides is 1. The van der Waals surface area contributed by atoms with Gasteiger partial charge in [-0.05, 0) is 31.5 Å². The van der Waals surface area contributed by atoms with E-state index in [1.165, 1.54) is 16.8 Å². The number of ether oxygens (including phenoxy) is 1. The molecule has 0 bridgehead atoms. The lowest BCUT2D eigenvalue weighted by Gasteiger charge is -2.21. The zero-order valence-electron chi connectivity index (χ0n) is 15.0. The maximum Gasteiger partial charge on any atom is 0.573 e. The number of hydrogen-bond donors (Lipinski definition) is 0. The molecule has 0 aliphatic rings. The summed E-state index contributed by atoms with van der Waals surface area (Å²) < 4.78 is 66.9. The van der Waals surface area contributed by atoms with Gasteiger partial charge in [-0.25, -0.2) is 12.7 Å². The Balaban J connectivity index is 2.30. The monoisotopic (exact) mass is 405 g/mol. The number of alkyl halides is 3. The lowest BCUT2D eigenvalue weighted by molar-refractivity contribution is -0.274. The third-order valence-corrected chi connectivity index (χ3v) is 4.79. The van der Waals surface area contributed by atoms with Crippen molar-refractivity contribution in [1.29, 1.82) is 0 Å². The number of anilines is 1. The summed E-state index contributed by atoms with van der Waals surface area (Å²) in [4.78, 5) is 12.7. The molecule has 0 N–H and O–H groups in total. The Hall–Kier alpha value is -2.56. The predicted molar refractivity (Wildman–Crippen MR) is 91.8 cm³/mol. The lowest BCUT2D eigenvalue weighted by atomic mass is 10.1. The standard InChI is InChI=1S/C16H18F3N3O4S/c1-10-15(11(2)21(3)20-10)22(27(4,24)25)14(23)9-12-5-7-13(8-6-12)26-16(17,18)19/h5-8H,9H2,1-4H3. The molecule has 1 heterocycles. The number of carbonyl (C=O) groups excluding carboxylic acids is 1. The molecule has 148 valence electrons. The fraction of sp³-hybridized carbons (Fsp3) is 0.375. The van der Waals surface area contributed by atoms with Crippen LogP contribution in [-0.4, -0.2) is 36.7 Å². The van der Waals surface area contributed by atoms with Gasteiger partial charge in [-0.1, -0.05) is 12.1 Å². The summed E-state index contributed by atoms with van der Waals surface area (Å²) in [5.41, 5.74) is 1.35. The van der Waals surface area contributed by atoms with Crippen molar-refractivity contribution in [1.82, 2.24) is 9.78 Å². The molecule has 27 heavy (non-hydrogen) atoms. The van der Waals surface area contributed by atoms with E-state index in [4.69, 9.17) is 0 Å². The van der Waals surface area contributed by atoms with E-state index >= 15 is 0 Å². The third kappa shape index (κ3) is 5.00. The van der Waals surface area contributed by atoms with Crippen molar-refractivity contribution >= 4 is 21.6 Å². The van der Waals surface area contributed by atoms with Crippen LogP contribution < -0.4 is 9.04 Å². The van der Waals surface area contributed by atoms with Crippen LogP contribution in [0.2, 0.25) is 0 Å². The van der Waals surface area contributed by atoms with Crippen molar-refractivity contribution in [2.24, 2.45) is 7.05 Å². The number of carbonyl (C=O) groups is 1. The molecular formula is C16H18F3N3O4S. The van der Waals surface area contributed by atoms with E-state index in [9.17, 15) is 26.4 Å². The molecule has 0 fully saturated rings. The van der Waals surface area contributed by atoms with Gasteiger partial charge >= 0.3 is 6.36 Å². The highest BCUT2D eigenvalue weighted by Gasteiger charge is 2.32. The Labute approximate surface area is 154 Å². The molecule has 0 spiro atoms. The van der Waals surface area contributed by atoms with E-state index in [0.717, 1.165) is 18.4 Å². The smallest absolute Gasteiger partial charge is 0.406 e. The first-order chi connectivity index (χ1) is 12.3. The molecule has 2 aromatic rings. The van der Waals surface area contributed by atoms with E-state index in [2.05, 4.69) is 9.84 Å². The van der Waals surface area contributed by atoms with Crippen molar-refractivity contribution < 1.29 is 31.1 Å². The van der Waals surface area contributed by atoms with Gasteiger partial charge < -0.3 is 4.74 Å². The minimum Gasteiger partial charge on any atom is -0.406 e. The number of aryl methyl sites for hydroxylation is 2. The molecule has 1 aromatic carbocycles. The van der Waals surface area contributed by atoms with E-state index in [1.807, 2.05) is 0 Å². The summed E-state index contributed by atoms with van der Waals surface area (Å²) in [6.07, 6.45) is -4.25. The topological polar surface area (TPSA) is 81.5 Å². The molecule has 1 aromatic heterocycles. The minimum absolute atomic E-state index is 0.169. The highest BCUT2D eigenvalue weighted by molar-refractivity contribution is 7.92. The molecule has 2 rings (SSSR count). The first-order valence-electron chi connectivity index (χ1n) is 7.67. The largest absolute Gasteiger partial charge is 0.573 e. The highest BCUT2D eigenvalue weighted by atomic mass is 32.2. The first kappa shape index (κ1) is 20.7. The fourth-order valence-electron chi connectivity index (χ4n) is 2.59. The first-order valence-corrected chi connectivity index (χ1v) is 9.52. The summed E-state index contributed by atoms with van der Waals surface area (Å²) in [6.45, 7) is 3.21. The Morgan fingerprint density at radius 1 is 1.22 bits per heavy atom. The molecule has 0 atom stereocenters. The molecule has 0 aliphatic heterocycles.